The fraction of sp³-hybridized carbons (Fsp3) is 0.562. The second-order valence-electron chi connectivity index (χ2n) is 6.09. The van der Waals surface area contributed by atoms with E-state index in [4.69, 9.17) is 0 Å². The largest absolute Gasteiger partial charge is 0.352 e. The Bertz CT molecular complexity index is 511. The molecular weight excluding hydrogens is 352 g/mol. The molecule has 2 N–H and O–H groups in total. The molecular formula is C16H22BrClN2O. The van der Waals surface area contributed by atoms with E-state index < -0.39 is 0 Å². The number of carbonyl (C=O) groups is 1. The fourth-order valence-corrected chi connectivity index (χ4v) is 3.48. The molecule has 0 bridgehead atoms. The minimum atomic E-state index is 0. The number of amides is 1. The molecule has 1 aromatic rings. The normalized spacial score (nSPS) is 31.1. The highest BCUT2D eigenvalue weighted by atomic mass is 79.9. The van der Waals surface area contributed by atoms with Gasteiger partial charge in [-0.25, -0.2) is 0 Å². The smallest absolute Gasteiger partial charge is 0.224 e. The van der Waals surface area contributed by atoms with Gasteiger partial charge >= 0.3 is 0 Å². The van der Waals surface area contributed by atoms with Crippen molar-refractivity contribution in [3.8, 4) is 0 Å². The summed E-state index contributed by atoms with van der Waals surface area (Å²) in [5.41, 5.74) is 1.27. The van der Waals surface area contributed by atoms with E-state index in [2.05, 4.69) is 45.6 Å². The number of halogens is 2. The molecule has 4 unspecified atom stereocenters. The lowest BCUT2D eigenvalue weighted by Gasteiger charge is -2.30. The van der Waals surface area contributed by atoms with Crippen LogP contribution in [0.15, 0.2) is 28.7 Å². The van der Waals surface area contributed by atoms with E-state index >= 15 is 0 Å². The molecule has 21 heavy (non-hydrogen) atoms. The number of hydrogen-bond acceptors (Lipinski definition) is 2. The van der Waals surface area contributed by atoms with Crippen molar-refractivity contribution >= 4 is 34.2 Å². The third-order valence-corrected chi connectivity index (χ3v) is 5.05. The first-order valence-corrected chi connectivity index (χ1v) is 8.21. The van der Waals surface area contributed by atoms with Gasteiger partial charge in [0.15, 0.2) is 0 Å². The lowest BCUT2D eigenvalue weighted by molar-refractivity contribution is -0.123. The summed E-state index contributed by atoms with van der Waals surface area (Å²) in [5, 5.41) is 6.59. The van der Waals surface area contributed by atoms with Crippen LogP contribution >= 0.6 is 28.3 Å². The van der Waals surface area contributed by atoms with Crippen molar-refractivity contribution < 1.29 is 4.79 Å². The zero-order chi connectivity index (χ0) is 14.1. The molecule has 1 saturated carbocycles. The van der Waals surface area contributed by atoms with E-state index in [1.54, 1.807) is 0 Å². The zero-order valence-electron chi connectivity index (χ0n) is 12.1. The van der Waals surface area contributed by atoms with Crippen LogP contribution in [0.5, 0.6) is 0 Å². The molecule has 1 aliphatic heterocycles. The Morgan fingerprint density at radius 3 is 2.95 bits per heavy atom. The molecule has 1 heterocycles. The van der Waals surface area contributed by atoms with E-state index in [0.29, 0.717) is 17.9 Å². The predicted octanol–water partition coefficient (Wildman–Crippen LogP) is 3.09. The minimum Gasteiger partial charge on any atom is -0.352 e. The molecule has 1 saturated heterocycles. The molecule has 2 aliphatic rings. The van der Waals surface area contributed by atoms with Gasteiger partial charge < -0.3 is 10.6 Å². The van der Waals surface area contributed by atoms with E-state index in [9.17, 15) is 4.79 Å². The Balaban J connectivity index is 0.00000161. The van der Waals surface area contributed by atoms with Crippen molar-refractivity contribution in [2.75, 3.05) is 13.1 Å². The van der Waals surface area contributed by atoms with Crippen molar-refractivity contribution in [3.63, 3.8) is 0 Å². The van der Waals surface area contributed by atoms with Crippen LogP contribution in [0.3, 0.4) is 0 Å². The van der Waals surface area contributed by atoms with Crippen LogP contribution in [-0.4, -0.2) is 25.0 Å². The van der Waals surface area contributed by atoms with Crippen LogP contribution in [0.25, 0.3) is 0 Å². The van der Waals surface area contributed by atoms with Gasteiger partial charge in [0, 0.05) is 23.0 Å². The van der Waals surface area contributed by atoms with Gasteiger partial charge in [0.25, 0.3) is 0 Å². The lowest BCUT2D eigenvalue weighted by atomic mass is 9.94. The van der Waals surface area contributed by atoms with Gasteiger partial charge in [-0.2, -0.15) is 0 Å². The summed E-state index contributed by atoms with van der Waals surface area (Å²) < 4.78 is 1.09. The Labute approximate surface area is 140 Å². The predicted molar refractivity (Wildman–Crippen MR) is 90.8 cm³/mol. The van der Waals surface area contributed by atoms with E-state index in [1.165, 1.54) is 5.56 Å². The molecule has 0 spiro atoms. The molecule has 116 valence electrons. The summed E-state index contributed by atoms with van der Waals surface area (Å²) in [5.74, 6) is 1.37. The highest BCUT2D eigenvalue weighted by Crippen LogP contribution is 2.48. The second kappa shape index (κ2) is 7.12. The topological polar surface area (TPSA) is 41.1 Å². The van der Waals surface area contributed by atoms with Crippen molar-refractivity contribution in [1.29, 1.82) is 0 Å². The first-order chi connectivity index (χ1) is 9.65. The van der Waals surface area contributed by atoms with Crippen LogP contribution in [0.2, 0.25) is 0 Å². The molecule has 5 heteroatoms. The minimum absolute atomic E-state index is 0. The summed E-state index contributed by atoms with van der Waals surface area (Å²) in [6.45, 7) is 4.20. The SMILES string of the molecule is CC1CCNCC1NC(=O)C1CC1c1cccc(Br)c1.Cl. The Hall–Kier alpha value is -0.580. The molecule has 0 radical (unpaired) electrons. The summed E-state index contributed by atoms with van der Waals surface area (Å²) in [4.78, 5) is 12.3. The van der Waals surface area contributed by atoms with Crippen molar-refractivity contribution in [2.45, 2.75) is 31.7 Å². The number of piperidine rings is 1. The summed E-state index contributed by atoms with van der Waals surface area (Å²) in [7, 11) is 0. The lowest BCUT2D eigenvalue weighted by Crippen LogP contribution is -2.50. The maximum absolute atomic E-state index is 12.3. The van der Waals surface area contributed by atoms with Crippen LogP contribution in [0.4, 0.5) is 0 Å². The van der Waals surface area contributed by atoms with Gasteiger partial charge in [0.2, 0.25) is 5.91 Å². The third kappa shape index (κ3) is 3.99. The number of benzene rings is 1. The summed E-state index contributed by atoms with van der Waals surface area (Å²) >= 11 is 3.49. The van der Waals surface area contributed by atoms with Gasteiger partial charge in [-0.3, -0.25) is 4.79 Å². The number of carbonyl (C=O) groups excluding carboxylic acids is 1. The van der Waals surface area contributed by atoms with Crippen molar-refractivity contribution in [3.05, 3.63) is 34.3 Å². The van der Waals surface area contributed by atoms with Crippen LogP contribution in [-0.2, 0) is 4.79 Å². The molecule has 4 atom stereocenters. The molecule has 1 amide bonds. The molecule has 1 aromatic carbocycles. The van der Waals surface area contributed by atoms with Crippen molar-refractivity contribution in [2.24, 2.45) is 11.8 Å². The number of rotatable bonds is 3. The first kappa shape index (κ1) is 16.8. The quantitative estimate of drug-likeness (QED) is 0.855. The van der Waals surface area contributed by atoms with E-state index in [0.717, 1.165) is 30.4 Å². The van der Waals surface area contributed by atoms with Crippen LogP contribution < -0.4 is 10.6 Å². The highest BCUT2D eigenvalue weighted by molar-refractivity contribution is 9.10. The van der Waals surface area contributed by atoms with Crippen LogP contribution in [0.1, 0.15) is 31.2 Å². The summed E-state index contributed by atoms with van der Waals surface area (Å²) in [6, 6.07) is 8.60. The maximum Gasteiger partial charge on any atom is 0.224 e. The molecule has 1 aliphatic carbocycles. The monoisotopic (exact) mass is 372 g/mol. The molecule has 0 aromatic heterocycles. The second-order valence-corrected chi connectivity index (χ2v) is 7.00. The van der Waals surface area contributed by atoms with Gasteiger partial charge in [0.1, 0.15) is 0 Å². The standard InChI is InChI=1S/C16H21BrN2O.ClH/c1-10-5-6-18-9-15(10)19-16(20)14-8-13(14)11-3-2-4-12(17)7-11;/h2-4,7,10,13-15,18H,5-6,8-9H2,1H3,(H,19,20);1H. The first-order valence-electron chi connectivity index (χ1n) is 7.41. The third-order valence-electron chi connectivity index (χ3n) is 4.56. The molecule has 3 rings (SSSR count). The average Bonchev–Trinajstić information content (AvgIpc) is 3.22. The zero-order valence-corrected chi connectivity index (χ0v) is 14.5. The van der Waals surface area contributed by atoms with E-state index in [1.807, 2.05) is 12.1 Å². The van der Waals surface area contributed by atoms with Crippen LogP contribution in [0, 0.1) is 11.8 Å². The molecule has 2 fully saturated rings. The number of nitrogens with one attached hydrogen (secondary N) is 2. The van der Waals surface area contributed by atoms with Crippen molar-refractivity contribution in [1.82, 2.24) is 10.6 Å². The Morgan fingerprint density at radius 2 is 2.24 bits per heavy atom. The van der Waals surface area contributed by atoms with Gasteiger partial charge in [-0.05, 0) is 48.9 Å². The maximum atomic E-state index is 12.3. The Morgan fingerprint density at radius 1 is 1.43 bits per heavy atom. The Kier molecular flexibility index (Phi) is 5.69. The van der Waals surface area contributed by atoms with Gasteiger partial charge in [0.05, 0.1) is 0 Å². The fourth-order valence-electron chi connectivity index (χ4n) is 3.06. The summed E-state index contributed by atoms with van der Waals surface area (Å²) in [6.07, 6.45) is 2.13. The molecule has 3 nitrogen and oxygen atoms in total. The highest BCUT2D eigenvalue weighted by Gasteiger charge is 2.44. The van der Waals surface area contributed by atoms with Gasteiger partial charge in [-0.15, -0.1) is 12.4 Å². The average molecular weight is 374 g/mol. The van der Waals surface area contributed by atoms with Gasteiger partial charge in [-0.1, -0.05) is 35.0 Å². The number of hydrogen-bond donors (Lipinski definition) is 2. The van der Waals surface area contributed by atoms with E-state index in [-0.39, 0.29) is 24.2 Å².